The lowest BCUT2D eigenvalue weighted by Gasteiger charge is -2.26. The molecule has 3 atom stereocenters. The molecule has 0 aliphatic carbocycles. The van der Waals surface area contributed by atoms with Crippen LogP contribution in [0.4, 0.5) is 0 Å². The van der Waals surface area contributed by atoms with Crippen molar-refractivity contribution < 1.29 is 29.1 Å². The minimum Gasteiger partial charge on any atom is -0.478 e. The highest BCUT2D eigenvalue weighted by Crippen LogP contribution is 2.40. The molecule has 0 radical (unpaired) electrons. The normalized spacial score (nSPS) is 23.0. The summed E-state index contributed by atoms with van der Waals surface area (Å²) in [7, 11) is 0. The van der Waals surface area contributed by atoms with Gasteiger partial charge in [0.15, 0.2) is 0 Å². The predicted molar refractivity (Wildman–Crippen MR) is 168 cm³/mol. The van der Waals surface area contributed by atoms with Crippen molar-refractivity contribution in [2.24, 2.45) is 16.2 Å². The largest absolute Gasteiger partial charge is 0.478 e. The van der Waals surface area contributed by atoms with Crippen LogP contribution in [0.15, 0.2) is 71.0 Å². The molecule has 220 valence electrons. The van der Waals surface area contributed by atoms with Crippen LogP contribution in [0.3, 0.4) is 0 Å². The minimum absolute atomic E-state index is 0.215. The second kappa shape index (κ2) is 12.2. The number of carboxylic acids is 1. The number of benzene rings is 2. The van der Waals surface area contributed by atoms with E-state index in [1.165, 1.54) is 14.8 Å². The average molecular weight is 607 g/mol. The number of thiophene rings is 2. The Morgan fingerprint density at radius 2 is 1.52 bits per heavy atom. The molecule has 4 heterocycles. The van der Waals surface area contributed by atoms with Crippen LogP contribution in [0.5, 0.6) is 0 Å². The van der Waals surface area contributed by atoms with Gasteiger partial charge in [-0.25, -0.2) is 9.59 Å². The van der Waals surface area contributed by atoms with Gasteiger partial charge in [0.2, 0.25) is 11.2 Å². The second-order valence-corrected chi connectivity index (χ2v) is 12.4. The predicted octanol–water partition coefficient (Wildman–Crippen LogP) is 7.63. The Bertz CT molecular complexity index is 1610. The molecule has 0 saturated carbocycles. The van der Waals surface area contributed by atoms with Gasteiger partial charge in [0.25, 0.3) is 0 Å². The van der Waals surface area contributed by atoms with Crippen LogP contribution in [-0.4, -0.2) is 46.3 Å². The maximum absolute atomic E-state index is 12.1. The van der Waals surface area contributed by atoms with Gasteiger partial charge in [-0.05, 0) is 61.2 Å². The first-order chi connectivity index (χ1) is 20.3. The van der Waals surface area contributed by atoms with E-state index < -0.39 is 17.2 Å². The Morgan fingerprint density at radius 3 is 2.07 bits per heavy atom. The molecule has 4 aromatic rings. The summed E-state index contributed by atoms with van der Waals surface area (Å²) in [5.41, 5.74) is -0.587. The van der Waals surface area contributed by atoms with Gasteiger partial charge in [0.05, 0.1) is 22.3 Å². The Labute approximate surface area is 252 Å². The van der Waals surface area contributed by atoms with E-state index >= 15 is 0 Å². The van der Waals surface area contributed by atoms with Crippen LogP contribution in [0.25, 0.3) is 20.2 Å². The van der Waals surface area contributed by atoms with Gasteiger partial charge in [-0.3, -0.25) is 0 Å². The van der Waals surface area contributed by atoms with Gasteiger partial charge in [-0.15, -0.1) is 22.7 Å². The Hall–Kier alpha value is -3.76. The van der Waals surface area contributed by atoms with Crippen molar-refractivity contribution in [3.63, 3.8) is 0 Å². The van der Waals surface area contributed by atoms with E-state index in [2.05, 4.69) is 46.7 Å². The highest BCUT2D eigenvalue weighted by atomic mass is 32.1. The number of esters is 1. The second-order valence-electron chi connectivity index (χ2n) is 10.2. The van der Waals surface area contributed by atoms with Gasteiger partial charge in [0, 0.05) is 15.8 Å². The Morgan fingerprint density at radius 1 is 0.905 bits per heavy atom. The lowest BCUT2D eigenvalue weighted by molar-refractivity contribution is -0.169. The molecule has 2 aliphatic rings. The van der Waals surface area contributed by atoms with Crippen LogP contribution in [0, 0.1) is 5.92 Å². The van der Waals surface area contributed by atoms with Gasteiger partial charge >= 0.3 is 11.9 Å². The highest BCUT2D eigenvalue weighted by molar-refractivity contribution is 7.21. The molecule has 0 saturated heterocycles. The topological polar surface area (TPSA) is 107 Å². The highest BCUT2D eigenvalue weighted by Gasteiger charge is 2.53. The van der Waals surface area contributed by atoms with E-state index in [1.807, 2.05) is 45.0 Å². The zero-order chi connectivity index (χ0) is 29.9. The number of hydrogen-bond acceptors (Lipinski definition) is 9. The molecule has 8 nitrogen and oxygen atoms in total. The molecule has 0 spiro atoms. The van der Waals surface area contributed by atoms with Gasteiger partial charge < -0.3 is 19.5 Å². The molecule has 6 rings (SSSR count). The molecule has 3 unspecified atom stereocenters. The molecule has 2 aromatic carbocycles. The molecule has 0 bridgehead atoms. The first kappa shape index (κ1) is 29.7. The van der Waals surface area contributed by atoms with Crippen molar-refractivity contribution >= 4 is 66.2 Å². The first-order valence-corrected chi connectivity index (χ1v) is 15.8. The number of carbonyl (C=O) groups is 2. The number of hydrogen-bond donors (Lipinski definition) is 1. The maximum atomic E-state index is 12.1. The molecule has 10 heteroatoms. The van der Waals surface area contributed by atoms with E-state index in [9.17, 15) is 14.7 Å². The molecule has 2 aliphatic heterocycles. The number of carbonyl (C=O) groups excluding carboxylic acids is 1. The number of ether oxygens (including phenoxy) is 1. The van der Waals surface area contributed by atoms with Crippen molar-refractivity contribution in [3.8, 4) is 0 Å². The summed E-state index contributed by atoms with van der Waals surface area (Å²) >= 11 is 3.30. The monoisotopic (exact) mass is 606 g/mol. The number of carboxylic acid groups (broad SMARTS) is 1. The van der Waals surface area contributed by atoms with Crippen LogP contribution in [-0.2, 0) is 24.0 Å². The van der Waals surface area contributed by atoms with E-state index in [0.29, 0.717) is 32.3 Å². The molecule has 0 amide bonds. The van der Waals surface area contributed by atoms with Crippen LogP contribution in [0.2, 0.25) is 0 Å². The van der Waals surface area contributed by atoms with Gasteiger partial charge in [-0.1, -0.05) is 67.5 Å². The maximum Gasteiger partial charge on any atom is 0.353 e. The summed E-state index contributed by atoms with van der Waals surface area (Å²) in [6, 6.07) is 20.5. The summed E-state index contributed by atoms with van der Waals surface area (Å²) in [4.78, 5) is 36.8. The number of aliphatic carboxylic acids is 1. The fourth-order valence-corrected chi connectivity index (χ4v) is 7.56. The molecular weight excluding hydrogens is 572 g/mol. The summed E-state index contributed by atoms with van der Waals surface area (Å²) < 4.78 is 7.51. The van der Waals surface area contributed by atoms with E-state index in [0.717, 1.165) is 26.6 Å². The third-order valence-electron chi connectivity index (χ3n) is 7.89. The minimum atomic E-state index is -1.22. The number of rotatable bonds is 8. The third kappa shape index (κ3) is 5.29. The van der Waals surface area contributed by atoms with Crippen molar-refractivity contribution in [2.75, 3.05) is 6.61 Å². The summed E-state index contributed by atoms with van der Waals surface area (Å²) in [6.45, 7) is 7.88. The van der Waals surface area contributed by atoms with Gasteiger partial charge in [0.1, 0.15) is 11.4 Å². The smallest absolute Gasteiger partial charge is 0.353 e. The lowest BCUT2D eigenvalue weighted by atomic mass is 9.80. The van der Waals surface area contributed by atoms with Crippen molar-refractivity contribution in [1.29, 1.82) is 0 Å². The summed E-state index contributed by atoms with van der Waals surface area (Å²) in [5.74, 6) is -1.47. The third-order valence-corrected chi connectivity index (χ3v) is 10.2. The molecule has 0 fully saturated rings. The average Bonchev–Trinajstić information content (AvgIpc) is 3.80. The Balaban J connectivity index is 0.000000168. The molecule has 1 N–H and O–H groups in total. The quantitative estimate of drug-likeness (QED) is 0.207. The van der Waals surface area contributed by atoms with Crippen LogP contribution in [0.1, 0.15) is 63.1 Å². The van der Waals surface area contributed by atoms with Crippen molar-refractivity contribution in [3.05, 3.63) is 70.4 Å². The zero-order valence-corrected chi connectivity index (χ0v) is 25.7. The van der Waals surface area contributed by atoms with E-state index in [1.54, 1.807) is 29.6 Å². The number of oxime groups is 2. The molecule has 42 heavy (non-hydrogen) atoms. The molecule has 2 aromatic heterocycles. The number of fused-ring (bicyclic) bond motifs is 2. The molecular formula is C32H34N2O6S2. The standard InChI is InChI=1S/2C16H17NO3S/c1-3-16(15(18)19-4-2)10-12(17-20-16)14-9-11-7-5-6-8-13(11)21-14;1-3-11-14(17-20-16(11,4-2)15(18)19)13-9-10-7-5-6-8-12(10)21-13/h5-9H,3-4,10H2,1-2H3;5-9,11H,3-4H2,1-2H3,(H,18,19). The van der Waals surface area contributed by atoms with Crippen LogP contribution >= 0.6 is 22.7 Å². The SMILES string of the molecule is CCC1C(c2cc3ccccc3s2)=NOC1(CC)C(=O)O.CCOC(=O)C1(CC)CC(c2cc3ccccc3s2)=NO1. The van der Waals surface area contributed by atoms with E-state index in [4.69, 9.17) is 14.4 Å². The van der Waals surface area contributed by atoms with Crippen LogP contribution < -0.4 is 0 Å². The Kier molecular flexibility index (Phi) is 8.65. The fraction of sp³-hybridized carbons (Fsp3) is 0.375. The fourth-order valence-electron chi connectivity index (χ4n) is 5.42. The lowest BCUT2D eigenvalue weighted by Crippen LogP contribution is -2.46. The van der Waals surface area contributed by atoms with Crippen molar-refractivity contribution in [1.82, 2.24) is 0 Å². The first-order valence-electron chi connectivity index (χ1n) is 14.2. The number of nitrogens with zero attached hydrogens (tertiary/aromatic N) is 2. The van der Waals surface area contributed by atoms with Crippen molar-refractivity contribution in [2.45, 2.75) is 64.6 Å². The summed E-state index contributed by atoms with van der Waals surface area (Å²) in [6.07, 6.45) is 2.10. The summed E-state index contributed by atoms with van der Waals surface area (Å²) in [5, 5.41) is 20.2. The zero-order valence-electron chi connectivity index (χ0n) is 24.1. The van der Waals surface area contributed by atoms with E-state index in [-0.39, 0.29) is 11.9 Å². The van der Waals surface area contributed by atoms with Gasteiger partial charge in [-0.2, -0.15) is 0 Å².